The molecular weight excluding hydrogens is 480 g/mol. The van der Waals surface area contributed by atoms with Crippen LogP contribution in [0.3, 0.4) is 0 Å². The van der Waals surface area contributed by atoms with Gasteiger partial charge in [0.1, 0.15) is 0 Å². The number of rotatable bonds is 27. The zero-order valence-corrected chi connectivity index (χ0v) is 26.9. The first-order chi connectivity index (χ1) is 19.8. The summed E-state index contributed by atoms with van der Waals surface area (Å²) in [5, 5.41) is 0. The van der Waals surface area contributed by atoms with Crippen LogP contribution in [0.2, 0.25) is 0 Å². The highest BCUT2D eigenvalue weighted by Crippen LogP contribution is 2.32. The van der Waals surface area contributed by atoms with E-state index in [4.69, 9.17) is 0 Å². The van der Waals surface area contributed by atoms with Crippen LogP contribution >= 0.6 is 0 Å². The van der Waals surface area contributed by atoms with E-state index in [1.165, 1.54) is 165 Å². The summed E-state index contributed by atoms with van der Waals surface area (Å²) in [6.07, 6.45) is 34.7. The molecule has 0 fully saturated rings. The van der Waals surface area contributed by atoms with E-state index in [0.29, 0.717) is 5.92 Å². The molecule has 0 saturated heterocycles. The molecule has 0 nitrogen and oxygen atoms in total. The third-order valence-corrected chi connectivity index (χ3v) is 9.09. The predicted molar refractivity (Wildman–Crippen MR) is 180 cm³/mol. The third kappa shape index (κ3) is 18.0. The second-order valence-corrected chi connectivity index (χ2v) is 12.9. The van der Waals surface area contributed by atoms with Crippen molar-refractivity contribution in [2.45, 2.75) is 174 Å². The molecule has 0 aliphatic heterocycles. The maximum absolute atomic E-state index is 2.47. The Morgan fingerprint density at radius 3 is 1.02 bits per heavy atom. The molecule has 0 aliphatic rings. The first-order valence-corrected chi connectivity index (χ1v) is 17.9. The molecular formula is C40H66. The molecule has 226 valence electrons. The Labute approximate surface area is 251 Å². The molecule has 40 heavy (non-hydrogen) atoms. The lowest BCUT2D eigenvalue weighted by Crippen LogP contribution is -2.07. The lowest BCUT2D eigenvalue weighted by atomic mass is 9.82. The smallest absolute Gasteiger partial charge is 0.00918 e. The Morgan fingerprint density at radius 2 is 0.700 bits per heavy atom. The number of unbranched alkanes of at least 4 members (excludes halogenated alkanes) is 21. The fourth-order valence-electron chi connectivity index (χ4n) is 6.46. The van der Waals surface area contributed by atoms with Gasteiger partial charge in [-0.3, -0.25) is 0 Å². The molecule has 0 N–H and O–H groups in total. The van der Waals surface area contributed by atoms with Crippen LogP contribution in [0.5, 0.6) is 0 Å². The van der Waals surface area contributed by atoms with Gasteiger partial charge in [-0.15, -0.1) is 0 Å². The van der Waals surface area contributed by atoms with Gasteiger partial charge in [0.05, 0.1) is 0 Å². The van der Waals surface area contributed by atoms with E-state index < -0.39 is 0 Å². The maximum Gasteiger partial charge on any atom is 0.00918 e. The van der Waals surface area contributed by atoms with Gasteiger partial charge in [-0.25, -0.2) is 0 Å². The first-order valence-electron chi connectivity index (χ1n) is 17.9. The predicted octanol–water partition coefficient (Wildman–Crippen LogP) is 13.8. The molecule has 1 unspecified atom stereocenters. The van der Waals surface area contributed by atoms with Crippen LogP contribution in [0, 0.1) is 5.92 Å². The summed E-state index contributed by atoms with van der Waals surface area (Å²) in [4.78, 5) is 0. The van der Waals surface area contributed by atoms with E-state index >= 15 is 0 Å². The Balaban J connectivity index is 1.35. The van der Waals surface area contributed by atoms with E-state index in [2.05, 4.69) is 74.5 Å². The summed E-state index contributed by atoms with van der Waals surface area (Å²) in [5.74, 6) is 1.30. The van der Waals surface area contributed by atoms with E-state index in [0.717, 1.165) is 5.92 Å². The van der Waals surface area contributed by atoms with Crippen LogP contribution in [0.1, 0.15) is 185 Å². The lowest BCUT2D eigenvalue weighted by molar-refractivity contribution is 0.435. The van der Waals surface area contributed by atoms with Crippen molar-refractivity contribution in [2.75, 3.05) is 0 Å². The average molecular weight is 547 g/mol. The van der Waals surface area contributed by atoms with Gasteiger partial charge >= 0.3 is 0 Å². The first kappa shape index (κ1) is 34.6. The van der Waals surface area contributed by atoms with Crippen molar-refractivity contribution < 1.29 is 0 Å². The van der Waals surface area contributed by atoms with Gasteiger partial charge in [-0.2, -0.15) is 0 Å². The summed E-state index contributed by atoms with van der Waals surface area (Å²) in [5.41, 5.74) is 2.93. The van der Waals surface area contributed by atoms with Crippen molar-refractivity contribution in [3.05, 3.63) is 71.8 Å². The van der Waals surface area contributed by atoms with Crippen molar-refractivity contribution in [3.63, 3.8) is 0 Å². The minimum Gasteiger partial charge on any atom is -0.0654 e. The molecule has 0 amide bonds. The number of benzene rings is 2. The fourth-order valence-corrected chi connectivity index (χ4v) is 6.46. The Kier molecular flexibility index (Phi) is 21.8. The fraction of sp³-hybridized carbons (Fsp3) is 0.700. The zero-order valence-electron chi connectivity index (χ0n) is 26.9. The summed E-state index contributed by atoms with van der Waals surface area (Å²) in [6.45, 7) is 4.77. The number of hydrogen-bond donors (Lipinski definition) is 0. The van der Waals surface area contributed by atoms with Crippen molar-refractivity contribution >= 4 is 0 Å². The van der Waals surface area contributed by atoms with Crippen molar-refractivity contribution in [1.82, 2.24) is 0 Å². The van der Waals surface area contributed by atoms with Gasteiger partial charge in [0.25, 0.3) is 0 Å². The molecule has 0 saturated carbocycles. The van der Waals surface area contributed by atoms with Crippen LogP contribution in [0.25, 0.3) is 0 Å². The SMILES string of the molecule is CCCCCCCCCCCCCCCCCCCCCCCCC(C)CC(c1ccccc1)c1ccccc1. The Hall–Kier alpha value is -1.56. The highest BCUT2D eigenvalue weighted by molar-refractivity contribution is 5.32. The molecule has 2 aromatic carbocycles. The van der Waals surface area contributed by atoms with Crippen molar-refractivity contribution in [2.24, 2.45) is 5.92 Å². The standard InChI is InChI=1S/C40H66/c1-3-4-5-6-7-8-9-10-11-12-13-14-15-16-17-18-19-20-21-22-23-26-31-37(2)36-40(38-32-27-24-28-33-38)39-34-29-25-30-35-39/h24-25,27-30,32-35,37,40H,3-23,26,31,36H2,1-2H3. The highest BCUT2D eigenvalue weighted by Gasteiger charge is 2.17. The summed E-state index contributed by atoms with van der Waals surface area (Å²) in [7, 11) is 0. The lowest BCUT2D eigenvalue weighted by Gasteiger charge is -2.22. The van der Waals surface area contributed by atoms with Crippen LogP contribution in [0.15, 0.2) is 60.7 Å². The normalized spacial score (nSPS) is 12.3. The molecule has 2 rings (SSSR count). The summed E-state index contributed by atoms with van der Waals surface area (Å²) >= 11 is 0. The summed E-state index contributed by atoms with van der Waals surface area (Å²) in [6, 6.07) is 22.3. The zero-order chi connectivity index (χ0) is 28.4. The van der Waals surface area contributed by atoms with Crippen LogP contribution in [-0.4, -0.2) is 0 Å². The van der Waals surface area contributed by atoms with Crippen LogP contribution in [0.4, 0.5) is 0 Å². The topological polar surface area (TPSA) is 0 Å². The van der Waals surface area contributed by atoms with Crippen molar-refractivity contribution in [3.8, 4) is 0 Å². The van der Waals surface area contributed by atoms with E-state index in [1.807, 2.05) is 0 Å². The average Bonchev–Trinajstić information content (AvgIpc) is 2.99. The minimum atomic E-state index is 0.525. The summed E-state index contributed by atoms with van der Waals surface area (Å²) < 4.78 is 0. The van der Waals surface area contributed by atoms with Gasteiger partial charge in [-0.1, -0.05) is 222 Å². The third-order valence-electron chi connectivity index (χ3n) is 9.09. The number of hydrogen-bond acceptors (Lipinski definition) is 0. The Bertz CT molecular complexity index is 724. The minimum absolute atomic E-state index is 0.525. The van der Waals surface area contributed by atoms with Gasteiger partial charge in [0.2, 0.25) is 0 Å². The monoisotopic (exact) mass is 547 g/mol. The molecule has 0 bridgehead atoms. The van der Waals surface area contributed by atoms with Crippen LogP contribution < -0.4 is 0 Å². The van der Waals surface area contributed by atoms with Gasteiger partial charge in [-0.05, 0) is 23.5 Å². The van der Waals surface area contributed by atoms with E-state index in [1.54, 1.807) is 0 Å². The van der Waals surface area contributed by atoms with Gasteiger partial charge < -0.3 is 0 Å². The van der Waals surface area contributed by atoms with E-state index in [9.17, 15) is 0 Å². The second kappa shape index (κ2) is 25.2. The molecule has 1 atom stereocenters. The maximum atomic E-state index is 2.47. The molecule has 2 aromatic rings. The van der Waals surface area contributed by atoms with Crippen molar-refractivity contribution in [1.29, 1.82) is 0 Å². The largest absolute Gasteiger partial charge is 0.0654 e. The van der Waals surface area contributed by atoms with Crippen LogP contribution in [-0.2, 0) is 0 Å². The molecule has 0 aliphatic carbocycles. The molecule has 0 spiro atoms. The highest BCUT2D eigenvalue weighted by atomic mass is 14.2. The second-order valence-electron chi connectivity index (χ2n) is 12.9. The van der Waals surface area contributed by atoms with Gasteiger partial charge in [0, 0.05) is 5.92 Å². The quantitative estimate of drug-likeness (QED) is 0.0977. The van der Waals surface area contributed by atoms with E-state index in [-0.39, 0.29) is 0 Å². The molecule has 0 heteroatoms. The Morgan fingerprint density at radius 1 is 0.400 bits per heavy atom. The van der Waals surface area contributed by atoms with Gasteiger partial charge in [0.15, 0.2) is 0 Å². The molecule has 0 aromatic heterocycles. The molecule has 0 heterocycles. The molecule has 0 radical (unpaired) electrons.